The quantitative estimate of drug-likeness (QED) is 0.903. The maximum atomic E-state index is 11.9. The third-order valence-electron chi connectivity index (χ3n) is 3.91. The molecule has 3 heterocycles. The van der Waals surface area contributed by atoms with Crippen molar-refractivity contribution in [1.29, 1.82) is 0 Å². The fraction of sp³-hybridized carbons (Fsp3) is 0.643. The Bertz CT molecular complexity index is 488. The highest BCUT2D eigenvalue weighted by Crippen LogP contribution is 2.25. The summed E-state index contributed by atoms with van der Waals surface area (Å²) in [5.74, 6) is 1.28. The molecule has 3 rings (SSSR count). The van der Waals surface area contributed by atoms with E-state index in [1.807, 2.05) is 6.92 Å². The number of nitrogens with one attached hydrogen (secondary N) is 1. The molecule has 108 valence electrons. The molecule has 2 aliphatic rings. The third kappa shape index (κ3) is 2.75. The molecule has 20 heavy (non-hydrogen) atoms. The van der Waals surface area contributed by atoms with Gasteiger partial charge in [-0.15, -0.1) is 0 Å². The Hall–Kier alpha value is -1.69. The van der Waals surface area contributed by atoms with Crippen molar-refractivity contribution in [2.45, 2.75) is 32.3 Å². The van der Waals surface area contributed by atoms with Crippen molar-refractivity contribution in [1.82, 2.24) is 15.3 Å². The van der Waals surface area contributed by atoms with Crippen LogP contribution in [0.1, 0.15) is 25.5 Å². The minimum atomic E-state index is -0.315. The van der Waals surface area contributed by atoms with E-state index in [1.165, 1.54) is 0 Å². The van der Waals surface area contributed by atoms with Gasteiger partial charge in [0.25, 0.3) is 0 Å². The molecule has 0 saturated carbocycles. The van der Waals surface area contributed by atoms with Crippen LogP contribution in [0.3, 0.4) is 0 Å². The molecule has 1 amide bonds. The second kappa shape index (κ2) is 5.75. The zero-order chi connectivity index (χ0) is 13.9. The number of piperidine rings is 1. The SMILES string of the molecule is C[C@H]1CN(c2nccnc2CC2CCNCC2)C(=O)O1. The molecule has 1 aromatic heterocycles. The first-order valence-corrected chi connectivity index (χ1v) is 7.23. The number of amides is 1. The molecular formula is C14H20N4O2. The van der Waals surface area contributed by atoms with Crippen LogP contribution in [0.5, 0.6) is 0 Å². The van der Waals surface area contributed by atoms with E-state index in [2.05, 4.69) is 15.3 Å². The van der Waals surface area contributed by atoms with Crippen molar-refractivity contribution >= 4 is 11.9 Å². The number of hydrogen-bond donors (Lipinski definition) is 1. The fourth-order valence-corrected chi connectivity index (χ4v) is 2.87. The molecule has 0 unspecified atom stereocenters. The predicted octanol–water partition coefficient (Wildman–Crippen LogP) is 1.36. The minimum absolute atomic E-state index is 0.0868. The van der Waals surface area contributed by atoms with Crippen LogP contribution in [0.15, 0.2) is 12.4 Å². The summed E-state index contributed by atoms with van der Waals surface area (Å²) in [7, 11) is 0. The number of anilines is 1. The van der Waals surface area contributed by atoms with Crippen molar-refractivity contribution in [3.63, 3.8) is 0 Å². The Kier molecular flexibility index (Phi) is 3.82. The molecule has 1 aromatic rings. The highest BCUT2D eigenvalue weighted by molar-refractivity contribution is 5.89. The second-order valence-corrected chi connectivity index (χ2v) is 5.53. The molecule has 2 aliphatic heterocycles. The summed E-state index contributed by atoms with van der Waals surface area (Å²) < 4.78 is 5.18. The Morgan fingerprint density at radius 3 is 2.80 bits per heavy atom. The zero-order valence-electron chi connectivity index (χ0n) is 11.7. The van der Waals surface area contributed by atoms with E-state index in [4.69, 9.17) is 4.74 Å². The van der Waals surface area contributed by atoms with Gasteiger partial charge >= 0.3 is 6.09 Å². The Morgan fingerprint density at radius 1 is 1.35 bits per heavy atom. The van der Waals surface area contributed by atoms with E-state index in [1.54, 1.807) is 17.3 Å². The highest BCUT2D eigenvalue weighted by Gasteiger charge is 2.32. The van der Waals surface area contributed by atoms with Crippen molar-refractivity contribution in [2.75, 3.05) is 24.5 Å². The van der Waals surface area contributed by atoms with Crippen LogP contribution in [0.2, 0.25) is 0 Å². The third-order valence-corrected chi connectivity index (χ3v) is 3.91. The summed E-state index contributed by atoms with van der Waals surface area (Å²) in [5, 5.41) is 3.36. The molecule has 1 atom stereocenters. The minimum Gasteiger partial charge on any atom is -0.444 e. The first-order chi connectivity index (χ1) is 9.74. The van der Waals surface area contributed by atoms with Crippen molar-refractivity contribution in [2.24, 2.45) is 5.92 Å². The fourth-order valence-electron chi connectivity index (χ4n) is 2.87. The molecule has 0 spiro atoms. The van der Waals surface area contributed by atoms with Gasteiger partial charge < -0.3 is 10.1 Å². The van der Waals surface area contributed by atoms with Crippen molar-refractivity contribution < 1.29 is 9.53 Å². The number of hydrogen-bond acceptors (Lipinski definition) is 5. The van der Waals surface area contributed by atoms with Gasteiger partial charge in [-0.05, 0) is 45.2 Å². The molecule has 0 aromatic carbocycles. The Morgan fingerprint density at radius 2 is 2.10 bits per heavy atom. The lowest BCUT2D eigenvalue weighted by Gasteiger charge is -2.23. The first-order valence-electron chi connectivity index (χ1n) is 7.23. The summed E-state index contributed by atoms with van der Waals surface area (Å²) in [5.41, 5.74) is 0.908. The average molecular weight is 276 g/mol. The van der Waals surface area contributed by atoms with E-state index >= 15 is 0 Å². The van der Waals surface area contributed by atoms with Crippen LogP contribution in [-0.2, 0) is 11.2 Å². The summed E-state index contributed by atoms with van der Waals surface area (Å²) in [6.07, 6.45) is 6.11. The van der Waals surface area contributed by atoms with Crippen LogP contribution >= 0.6 is 0 Å². The number of ether oxygens (including phenoxy) is 1. The smallest absolute Gasteiger partial charge is 0.415 e. The van der Waals surface area contributed by atoms with E-state index in [0.29, 0.717) is 18.3 Å². The zero-order valence-corrected chi connectivity index (χ0v) is 11.7. The number of carbonyl (C=O) groups excluding carboxylic acids is 1. The van der Waals surface area contributed by atoms with Gasteiger partial charge in [0.1, 0.15) is 6.10 Å². The number of rotatable bonds is 3. The van der Waals surface area contributed by atoms with Crippen LogP contribution < -0.4 is 10.2 Å². The number of nitrogens with zero attached hydrogens (tertiary/aromatic N) is 3. The molecule has 2 fully saturated rings. The maximum Gasteiger partial charge on any atom is 0.415 e. The van der Waals surface area contributed by atoms with Crippen molar-refractivity contribution in [3.05, 3.63) is 18.1 Å². The molecule has 6 heteroatoms. The van der Waals surface area contributed by atoms with E-state index < -0.39 is 0 Å². The predicted molar refractivity (Wildman–Crippen MR) is 74.6 cm³/mol. The van der Waals surface area contributed by atoms with Gasteiger partial charge in [0.15, 0.2) is 5.82 Å². The lowest BCUT2D eigenvalue weighted by atomic mass is 9.93. The number of cyclic esters (lactones) is 1. The average Bonchev–Trinajstić information content (AvgIpc) is 2.79. The van der Waals surface area contributed by atoms with E-state index in [-0.39, 0.29) is 12.2 Å². The molecule has 1 N–H and O–H groups in total. The largest absolute Gasteiger partial charge is 0.444 e. The normalized spacial score (nSPS) is 23.9. The monoisotopic (exact) mass is 276 g/mol. The standard InChI is InChI=1S/C14H20N4O2/c1-10-9-18(14(19)20-10)13-12(16-6-7-17-13)8-11-2-4-15-5-3-11/h6-7,10-11,15H,2-5,8-9H2,1H3/t10-/m0/s1. The summed E-state index contributed by atoms with van der Waals surface area (Å²) >= 11 is 0. The van der Waals surface area contributed by atoms with E-state index in [0.717, 1.165) is 38.0 Å². The first kappa shape index (κ1) is 13.3. The molecule has 6 nitrogen and oxygen atoms in total. The Balaban J connectivity index is 1.79. The highest BCUT2D eigenvalue weighted by atomic mass is 16.6. The van der Waals surface area contributed by atoms with E-state index in [9.17, 15) is 4.79 Å². The van der Waals surface area contributed by atoms with Crippen LogP contribution in [-0.4, -0.2) is 41.8 Å². The molecule has 0 bridgehead atoms. The van der Waals surface area contributed by atoms with Gasteiger partial charge in [0.05, 0.1) is 12.2 Å². The van der Waals surface area contributed by atoms with Gasteiger partial charge in [0, 0.05) is 12.4 Å². The molecule has 0 radical (unpaired) electrons. The summed E-state index contributed by atoms with van der Waals surface area (Å²) in [6.45, 7) is 4.56. The van der Waals surface area contributed by atoms with Gasteiger partial charge in [-0.25, -0.2) is 9.78 Å². The maximum absolute atomic E-state index is 11.9. The summed E-state index contributed by atoms with van der Waals surface area (Å²) in [6, 6.07) is 0. The van der Waals surface area contributed by atoms with Gasteiger partial charge in [-0.3, -0.25) is 9.88 Å². The van der Waals surface area contributed by atoms with Crippen LogP contribution in [0.4, 0.5) is 10.6 Å². The van der Waals surface area contributed by atoms with Gasteiger partial charge in [-0.2, -0.15) is 0 Å². The number of carbonyl (C=O) groups is 1. The second-order valence-electron chi connectivity index (χ2n) is 5.53. The lowest BCUT2D eigenvalue weighted by molar-refractivity contribution is 0.149. The molecule has 0 aliphatic carbocycles. The van der Waals surface area contributed by atoms with Gasteiger partial charge in [-0.1, -0.05) is 0 Å². The van der Waals surface area contributed by atoms with Crippen molar-refractivity contribution in [3.8, 4) is 0 Å². The Labute approximate surface area is 118 Å². The molecular weight excluding hydrogens is 256 g/mol. The van der Waals surface area contributed by atoms with Crippen LogP contribution in [0.25, 0.3) is 0 Å². The lowest BCUT2D eigenvalue weighted by Crippen LogP contribution is -2.30. The topological polar surface area (TPSA) is 67.4 Å². The summed E-state index contributed by atoms with van der Waals surface area (Å²) in [4.78, 5) is 22.3. The van der Waals surface area contributed by atoms with Gasteiger partial charge in [0.2, 0.25) is 0 Å². The van der Waals surface area contributed by atoms with Crippen LogP contribution in [0, 0.1) is 5.92 Å². The number of aromatic nitrogens is 2. The molecule has 2 saturated heterocycles.